The molecule has 5 aromatic rings. The van der Waals surface area contributed by atoms with Crippen LogP contribution in [-0.2, 0) is 4.74 Å². The molecular formula is C30H28FN7O5. The number of pyridine rings is 1. The van der Waals surface area contributed by atoms with Crippen molar-refractivity contribution in [2.24, 2.45) is 0 Å². The number of morpholine rings is 1. The number of ether oxygens (including phenoxy) is 3. The van der Waals surface area contributed by atoms with Crippen molar-refractivity contribution < 1.29 is 28.2 Å². The fourth-order valence-corrected chi connectivity index (χ4v) is 4.82. The number of nitrogens with zero attached hydrogens (tertiary/aromatic N) is 4. The zero-order valence-corrected chi connectivity index (χ0v) is 23.4. The Morgan fingerprint density at radius 2 is 1.88 bits per heavy atom. The van der Waals surface area contributed by atoms with E-state index in [9.17, 15) is 14.0 Å². The van der Waals surface area contributed by atoms with E-state index in [-0.39, 0.29) is 40.5 Å². The highest BCUT2D eigenvalue weighted by Crippen LogP contribution is 2.32. The van der Waals surface area contributed by atoms with Gasteiger partial charge in [-0.3, -0.25) is 4.79 Å². The SMILES string of the molecule is COc1cc2cc(C(=O)c3cnn(-c4cnc(Oc5ccccc5F)cc4C)c3N)[nH]c2cc1NC(=O)N1CCOCC1. The van der Waals surface area contributed by atoms with Crippen molar-refractivity contribution in [3.05, 3.63) is 83.6 Å². The number of methoxy groups -OCH3 is 1. The van der Waals surface area contributed by atoms with Crippen molar-refractivity contribution >= 4 is 34.2 Å². The molecular weight excluding hydrogens is 557 g/mol. The van der Waals surface area contributed by atoms with Gasteiger partial charge in [0.25, 0.3) is 0 Å². The van der Waals surface area contributed by atoms with Crippen LogP contribution in [-0.4, -0.2) is 69.9 Å². The van der Waals surface area contributed by atoms with Gasteiger partial charge in [0.15, 0.2) is 11.6 Å². The number of para-hydroxylation sites is 1. The molecule has 0 aliphatic carbocycles. The van der Waals surface area contributed by atoms with Crippen LogP contribution in [0.4, 0.5) is 20.7 Å². The molecule has 12 nitrogen and oxygen atoms in total. The fraction of sp³-hybridized carbons (Fsp3) is 0.200. The summed E-state index contributed by atoms with van der Waals surface area (Å²) in [5.41, 5.74) is 9.16. The van der Waals surface area contributed by atoms with E-state index in [0.29, 0.717) is 59.9 Å². The van der Waals surface area contributed by atoms with E-state index in [1.165, 1.54) is 36.3 Å². The van der Waals surface area contributed by atoms with Crippen LogP contribution in [0.25, 0.3) is 16.6 Å². The van der Waals surface area contributed by atoms with Gasteiger partial charge < -0.3 is 35.1 Å². The Bertz CT molecular complexity index is 1840. The highest BCUT2D eigenvalue weighted by molar-refractivity contribution is 6.13. The Kier molecular flexibility index (Phi) is 7.38. The third kappa shape index (κ3) is 5.45. The molecule has 3 aromatic heterocycles. The predicted octanol–water partition coefficient (Wildman–Crippen LogP) is 4.67. The molecule has 0 unspecified atom stereocenters. The first-order chi connectivity index (χ1) is 20.8. The van der Waals surface area contributed by atoms with Gasteiger partial charge in [0.1, 0.15) is 11.6 Å². The third-order valence-corrected chi connectivity index (χ3v) is 7.11. The lowest BCUT2D eigenvalue weighted by Crippen LogP contribution is -2.43. The normalized spacial score (nSPS) is 13.2. The van der Waals surface area contributed by atoms with Crippen LogP contribution in [0.2, 0.25) is 0 Å². The number of carbonyl (C=O) groups excluding carboxylic acids is 2. The molecule has 0 saturated carbocycles. The molecule has 220 valence electrons. The van der Waals surface area contributed by atoms with Gasteiger partial charge in [-0.05, 0) is 42.8 Å². The quantitative estimate of drug-likeness (QED) is 0.233. The Hall–Kier alpha value is -5.43. The first-order valence-electron chi connectivity index (χ1n) is 13.4. The maximum absolute atomic E-state index is 14.0. The van der Waals surface area contributed by atoms with Crippen LogP contribution in [0.5, 0.6) is 17.4 Å². The number of H-pyrrole nitrogens is 1. The van der Waals surface area contributed by atoms with Gasteiger partial charge in [-0.2, -0.15) is 5.10 Å². The zero-order chi connectivity index (χ0) is 30.1. The van der Waals surface area contributed by atoms with Gasteiger partial charge in [-0.15, -0.1) is 0 Å². The van der Waals surface area contributed by atoms with Crippen molar-refractivity contribution in [2.75, 3.05) is 44.5 Å². The minimum Gasteiger partial charge on any atom is -0.495 e. The van der Waals surface area contributed by atoms with Crippen LogP contribution >= 0.6 is 0 Å². The minimum absolute atomic E-state index is 0.0520. The molecule has 0 spiro atoms. The standard InChI is InChI=1S/C30H28FN7O5/c1-17-11-27(43-25-6-4-3-5-20(25)31)33-16-24(17)38-29(32)19(15-34-38)28(39)23-12-18-13-26(41-2)22(14-21(18)35-23)36-30(40)37-7-9-42-10-8-37/h3-6,11-16,35H,7-10,32H2,1-2H3,(H,36,40). The Balaban J connectivity index is 1.24. The molecule has 4 N–H and O–H groups in total. The third-order valence-electron chi connectivity index (χ3n) is 7.11. The molecule has 43 heavy (non-hydrogen) atoms. The second-order valence-electron chi connectivity index (χ2n) is 9.88. The van der Waals surface area contributed by atoms with Gasteiger partial charge >= 0.3 is 6.03 Å². The van der Waals surface area contributed by atoms with E-state index >= 15 is 0 Å². The number of fused-ring (bicyclic) bond motifs is 1. The molecule has 4 heterocycles. The van der Waals surface area contributed by atoms with E-state index in [2.05, 4.69) is 20.4 Å². The number of anilines is 2. The number of aromatic nitrogens is 4. The molecule has 0 bridgehead atoms. The van der Waals surface area contributed by atoms with E-state index < -0.39 is 5.82 Å². The summed E-state index contributed by atoms with van der Waals surface area (Å²) < 4.78 is 31.8. The number of hydrogen-bond acceptors (Lipinski definition) is 8. The Morgan fingerprint density at radius 1 is 1.09 bits per heavy atom. The van der Waals surface area contributed by atoms with E-state index in [1.807, 2.05) is 0 Å². The number of nitrogens with one attached hydrogen (secondary N) is 2. The molecule has 0 atom stereocenters. The summed E-state index contributed by atoms with van der Waals surface area (Å²) in [6.07, 6.45) is 2.88. The van der Waals surface area contributed by atoms with Crippen molar-refractivity contribution in [3.63, 3.8) is 0 Å². The number of hydrogen-bond donors (Lipinski definition) is 3. The molecule has 2 amide bonds. The van der Waals surface area contributed by atoms with Gasteiger partial charge in [-0.1, -0.05) is 12.1 Å². The second-order valence-corrected chi connectivity index (χ2v) is 9.88. The molecule has 13 heteroatoms. The molecule has 1 aliphatic heterocycles. The van der Waals surface area contributed by atoms with Crippen LogP contribution in [0, 0.1) is 12.7 Å². The van der Waals surface area contributed by atoms with Gasteiger partial charge in [-0.25, -0.2) is 18.9 Å². The number of halogens is 1. The number of aromatic amines is 1. The fourth-order valence-electron chi connectivity index (χ4n) is 4.82. The van der Waals surface area contributed by atoms with E-state index in [4.69, 9.17) is 19.9 Å². The molecule has 1 fully saturated rings. The molecule has 1 aliphatic rings. The summed E-state index contributed by atoms with van der Waals surface area (Å²) in [4.78, 5) is 35.3. The maximum Gasteiger partial charge on any atom is 0.322 e. The largest absolute Gasteiger partial charge is 0.495 e. The maximum atomic E-state index is 14.0. The zero-order valence-electron chi connectivity index (χ0n) is 23.4. The molecule has 1 saturated heterocycles. The summed E-state index contributed by atoms with van der Waals surface area (Å²) in [5.74, 6) is -0.0615. The molecule has 6 rings (SSSR count). The highest BCUT2D eigenvalue weighted by atomic mass is 19.1. The molecule has 0 radical (unpaired) electrons. The summed E-state index contributed by atoms with van der Waals surface area (Å²) in [6.45, 7) is 3.75. The first-order valence-corrected chi connectivity index (χ1v) is 13.4. The summed E-state index contributed by atoms with van der Waals surface area (Å²) in [6, 6.07) is 12.5. The number of amides is 2. The number of rotatable bonds is 7. The smallest absolute Gasteiger partial charge is 0.322 e. The number of ketones is 1. The lowest BCUT2D eigenvalue weighted by molar-refractivity contribution is 0.0564. The predicted molar refractivity (Wildman–Crippen MR) is 157 cm³/mol. The summed E-state index contributed by atoms with van der Waals surface area (Å²) >= 11 is 0. The van der Waals surface area contributed by atoms with Crippen LogP contribution in [0.1, 0.15) is 21.6 Å². The Morgan fingerprint density at radius 3 is 2.63 bits per heavy atom. The van der Waals surface area contributed by atoms with Gasteiger partial charge in [0.05, 0.1) is 55.3 Å². The summed E-state index contributed by atoms with van der Waals surface area (Å²) in [7, 11) is 1.51. The monoisotopic (exact) mass is 585 g/mol. The minimum atomic E-state index is -0.505. The number of aryl methyl sites for hydroxylation is 1. The van der Waals surface area contributed by atoms with Crippen LogP contribution in [0.15, 0.2) is 60.9 Å². The number of benzene rings is 2. The van der Waals surface area contributed by atoms with Gasteiger partial charge in [0, 0.05) is 30.1 Å². The van der Waals surface area contributed by atoms with Crippen molar-refractivity contribution in [1.29, 1.82) is 0 Å². The van der Waals surface area contributed by atoms with E-state index in [0.717, 1.165) is 0 Å². The van der Waals surface area contributed by atoms with Crippen molar-refractivity contribution in [1.82, 2.24) is 24.6 Å². The molecule has 2 aromatic carbocycles. The average Bonchev–Trinajstić information content (AvgIpc) is 3.61. The Labute approximate surface area is 245 Å². The lowest BCUT2D eigenvalue weighted by Gasteiger charge is -2.27. The van der Waals surface area contributed by atoms with Crippen LogP contribution < -0.4 is 20.5 Å². The number of nitrogens with two attached hydrogens (primary N) is 1. The van der Waals surface area contributed by atoms with Crippen molar-refractivity contribution in [2.45, 2.75) is 6.92 Å². The lowest BCUT2D eigenvalue weighted by atomic mass is 10.1. The second kappa shape index (κ2) is 11.4. The summed E-state index contributed by atoms with van der Waals surface area (Å²) in [5, 5.41) is 7.92. The van der Waals surface area contributed by atoms with E-state index in [1.54, 1.807) is 48.2 Å². The number of carbonyl (C=O) groups is 2. The number of nitrogen functional groups attached to an aromatic ring is 1. The topological polar surface area (TPSA) is 150 Å². The van der Waals surface area contributed by atoms with Gasteiger partial charge in [0.2, 0.25) is 11.7 Å². The van der Waals surface area contributed by atoms with Crippen LogP contribution in [0.3, 0.4) is 0 Å². The first kappa shape index (κ1) is 27.7. The average molecular weight is 586 g/mol. The van der Waals surface area contributed by atoms with Crippen molar-refractivity contribution in [3.8, 4) is 23.1 Å². The highest BCUT2D eigenvalue weighted by Gasteiger charge is 2.23. The number of urea groups is 1.